The molecule has 4 atom stereocenters. The average molecular weight is 524 g/mol. The lowest BCUT2D eigenvalue weighted by molar-refractivity contribution is -0.126. The van der Waals surface area contributed by atoms with E-state index in [0.29, 0.717) is 24.3 Å². The Morgan fingerprint density at radius 2 is 1.81 bits per heavy atom. The van der Waals surface area contributed by atoms with Gasteiger partial charge in [0.05, 0.1) is 17.6 Å². The van der Waals surface area contributed by atoms with Gasteiger partial charge in [0.15, 0.2) is 0 Å². The van der Waals surface area contributed by atoms with Crippen LogP contribution in [0.3, 0.4) is 0 Å². The molecular weight excluding hydrogens is 486 g/mol. The first-order valence-electron chi connectivity index (χ1n) is 13.5. The summed E-state index contributed by atoms with van der Waals surface area (Å²) in [6.45, 7) is 6.51. The van der Waals surface area contributed by atoms with E-state index >= 15 is 0 Å². The summed E-state index contributed by atoms with van der Waals surface area (Å²) in [5.74, 6) is -0.421. The van der Waals surface area contributed by atoms with Gasteiger partial charge in [0, 0.05) is 28.7 Å². The zero-order valence-corrected chi connectivity index (χ0v) is 22.6. The van der Waals surface area contributed by atoms with Gasteiger partial charge in [-0.3, -0.25) is 9.59 Å². The second-order valence-corrected chi connectivity index (χ2v) is 12.7. The second kappa shape index (κ2) is 10.0. The van der Waals surface area contributed by atoms with Crippen LogP contribution in [0.5, 0.6) is 0 Å². The fourth-order valence-electron chi connectivity index (χ4n) is 6.78. The molecule has 2 aromatic carbocycles. The minimum Gasteiger partial charge on any atom is -0.393 e. The Hall–Kier alpha value is -2.41. The van der Waals surface area contributed by atoms with Gasteiger partial charge in [-0.25, -0.2) is 0 Å². The van der Waals surface area contributed by atoms with Gasteiger partial charge in [-0.15, -0.1) is 0 Å². The highest BCUT2D eigenvalue weighted by atomic mass is 35.5. The van der Waals surface area contributed by atoms with E-state index in [4.69, 9.17) is 11.6 Å². The van der Waals surface area contributed by atoms with E-state index in [1.165, 1.54) is 0 Å². The average Bonchev–Trinajstić information content (AvgIpc) is 3.30. The van der Waals surface area contributed by atoms with Crippen molar-refractivity contribution >= 4 is 29.1 Å². The summed E-state index contributed by atoms with van der Waals surface area (Å²) in [4.78, 5) is 28.0. The zero-order chi connectivity index (χ0) is 26.4. The molecule has 7 heteroatoms. The molecule has 1 saturated carbocycles. The molecule has 1 saturated heterocycles. The lowest BCUT2D eigenvalue weighted by Gasteiger charge is -2.37. The van der Waals surface area contributed by atoms with E-state index < -0.39 is 11.5 Å². The Morgan fingerprint density at radius 1 is 1.11 bits per heavy atom. The number of fused-ring (bicyclic) bond motifs is 2. The summed E-state index contributed by atoms with van der Waals surface area (Å²) >= 11 is 6.32. The third-order valence-electron chi connectivity index (χ3n) is 8.41. The van der Waals surface area contributed by atoms with E-state index in [9.17, 15) is 14.7 Å². The van der Waals surface area contributed by atoms with E-state index in [1.54, 1.807) is 0 Å². The molecule has 0 aromatic heterocycles. The van der Waals surface area contributed by atoms with Gasteiger partial charge in [-0.1, -0.05) is 68.8 Å². The molecular formula is C30H38ClN3O3. The number of hydrogen-bond acceptors (Lipinski definition) is 4. The molecule has 4 N–H and O–H groups in total. The summed E-state index contributed by atoms with van der Waals surface area (Å²) < 4.78 is 0. The van der Waals surface area contributed by atoms with Crippen LogP contribution in [-0.2, 0) is 21.4 Å². The van der Waals surface area contributed by atoms with Crippen LogP contribution in [0.25, 0.3) is 0 Å². The maximum atomic E-state index is 14.1. The molecule has 1 aliphatic carbocycles. The van der Waals surface area contributed by atoms with Gasteiger partial charge in [-0.05, 0) is 67.2 Å². The van der Waals surface area contributed by atoms with Crippen molar-refractivity contribution in [2.24, 2.45) is 11.3 Å². The summed E-state index contributed by atoms with van der Waals surface area (Å²) in [5.41, 5.74) is 1.77. The zero-order valence-electron chi connectivity index (χ0n) is 21.9. The normalized spacial score (nSPS) is 31.3. The number of amides is 2. The lowest BCUT2D eigenvalue weighted by Crippen LogP contribution is -2.51. The predicted molar refractivity (Wildman–Crippen MR) is 147 cm³/mol. The minimum absolute atomic E-state index is 0.0381. The molecule has 1 spiro atoms. The van der Waals surface area contributed by atoms with Crippen LogP contribution in [-0.4, -0.2) is 41.2 Å². The van der Waals surface area contributed by atoms with Gasteiger partial charge in [0.25, 0.3) is 0 Å². The lowest BCUT2D eigenvalue weighted by atomic mass is 9.63. The van der Waals surface area contributed by atoms with Crippen molar-refractivity contribution in [3.63, 3.8) is 0 Å². The van der Waals surface area contributed by atoms with E-state index in [0.717, 1.165) is 36.1 Å². The molecule has 2 aromatic rings. The number of benzene rings is 2. The Morgan fingerprint density at radius 3 is 2.49 bits per heavy atom. The third-order valence-corrected chi connectivity index (χ3v) is 8.64. The van der Waals surface area contributed by atoms with Crippen LogP contribution in [0, 0.1) is 11.3 Å². The summed E-state index contributed by atoms with van der Waals surface area (Å²) in [6.07, 6.45) is 3.96. The quantitative estimate of drug-likeness (QED) is 0.461. The Bertz CT molecular complexity index is 1160. The van der Waals surface area contributed by atoms with Crippen LogP contribution in [0.4, 0.5) is 5.69 Å². The van der Waals surface area contributed by atoms with Crippen LogP contribution < -0.4 is 16.0 Å². The molecule has 2 fully saturated rings. The highest BCUT2D eigenvalue weighted by Crippen LogP contribution is 2.54. The van der Waals surface area contributed by atoms with Crippen molar-refractivity contribution in [1.29, 1.82) is 0 Å². The van der Waals surface area contributed by atoms with Crippen molar-refractivity contribution in [3.05, 3.63) is 64.7 Å². The second-order valence-electron chi connectivity index (χ2n) is 12.3. The first-order valence-corrected chi connectivity index (χ1v) is 13.9. The monoisotopic (exact) mass is 523 g/mol. The minimum atomic E-state index is -0.909. The van der Waals surface area contributed by atoms with E-state index in [-0.39, 0.29) is 41.3 Å². The number of anilines is 1. The predicted octanol–water partition coefficient (Wildman–Crippen LogP) is 4.59. The van der Waals surface area contributed by atoms with Crippen LogP contribution in [0.1, 0.15) is 64.0 Å². The molecule has 3 aliphatic rings. The number of halogens is 1. The number of carbonyl (C=O) groups excluding carboxylic acids is 2. The number of nitrogens with one attached hydrogen (secondary N) is 3. The van der Waals surface area contributed by atoms with Crippen molar-refractivity contribution in [1.82, 2.24) is 10.6 Å². The molecule has 198 valence electrons. The van der Waals surface area contributed by atoms with Crippen molar-refractivity contribution in [3.8, 4) is 0 Å². The number of rotatable bonds is 5. The van der Waals surface area contributed by atoms with Crippen molar-refractivity contribution < 1.29 is 14.7 Å². The number of aliphatic hydroxyl groups excluding tert-OH is 1. The van der Waals surface area contributed by atoms with Gasteiger partial charge in [0.2, 0.25) is 11.8 Å². The van der Waals surface area contributed by atoms with Gasteiger partial charge < -0.3 is 21.1 Å². The largest absolute Gasteiger partial charge is 0.393 e. The van der Waals surface area contributed by atoms with Gasteiger partial charge in [-0.2, -0.15) is 0 Å². The third kappa shape index (κ3) is 5.04. The molecule has 37 heavy (non-hydrogen) atoms. The Kier molecular flexibility index (Phi) is 7.12. The molecule has 1 unspecified atom stereocenters. The topological polar surface area (TPSA) is 90.5 Å². The summed E-state index contributed by atoms with van der Waals surface area (Å²) in [6, 6.07) is 15.0. The highest BCUT2D eigenvalue weighted by Gasteiger charge is 2.65. The molecule has 5 rings (SSSR count). The molecule has 2 heterocycles. The number of carbonyl (C=O) groups is 2. The fourth-order valence-corrected chi connectivity index (χ4v) is 6.95. The summed E-state index contributed by atoms with van der Waals surface area (Å²) in [7, 11) is 0. The molecule has 6 nitrogen and oxygen atoms in total. The maximum absolute atomic E-state index is 14.1. The van der Waals surface area contributed by atoms with E-state index in [2.05, 4.69) is 48.9 Å². The van der Waals surface area contributed by atoms with Gasteiger partial charge >= 0.3 is 0 Å². The smallest absolute Gasteiger partial charge is 0.237 e. The molecule has 2 aliphatic heterocycles. The molecule has 0 radical (unpaired) electrons. The maximum Gasteiger partial charge on any atom is 0.237 e. The van der Waals surface area contributed by atoms with Crippen LogP contribution in [0.2, 0.25) is 5.02 Å². The van der Waals surface area contributed by atoms with Gasteiger partial charge in [0.1, 0.15) is 0 Å². The Labute approximate surface area is 224 Å². The van der Waals surface area contributed by atoms with E-state index in [1.807, 2.05) is 36.4 Å². The molecule has 0 bridgehead atoms. The first-order chi connectivity index (χ1) is 17.6. The molecule has 2 amide bonds. The summed E-state index contributed by atoms with van der Waals surface area (Å²) in [5, 5.41) is 20.6. The van der Waals surface area contributed by atoms with Crippen LogP contribution in [0.15, 0.2) is 48.5 Å². The SMILES string of the molecule is CC(C)(C)CC1N[C@@H](C(=O)NC2CCC(O)CC2)[C@H](Cc2ccccc2)[C@]12C(=O)Nc1cc(Cl)ccc12. The van der Waals surface area contributed by atoms with Crippen molar-refractivity contribution in [2.45, 2.75) is 88.9 Å². The Balaban J connectivity index is 1.58. The standard InChI is InChI=1S/C30H38ClN3O3/c1-29(2,3)17-25-30(22-14-9-19(31)16-24(22)33-28(30)37)23(15-18-7-5-4-6-8-18)26(34-25)27(36)32-20-10-12-21(35)13-11-20/h4-9,14,16,20-21,23,25-26,34-35H,10-13,15,17H2,1-3H3,(H,32,36)(H,33,37)/t20?,21?,23-,25?,26+,30-/m0/s1. The first kappa shape index (κ1) is 26.2. The fraction of sp³-hybridized carbons (Fsp3) is 0.533. The van der Waals surface area contributed by atoms with Crippen molar-refractivity contribution in [2.75, 3.05) is 5.32 Å². The van der Waals surface area contributed by atoms with Crippen LogP contribution >= 0.6 is 11.6 Å². The highest BCUT2D eigenvalue weighted by molar-refractivity contribution is 6.31. The number of aliphatic hydroxyl groups is 1. The number of hydrogen-bond donors (Lipinski definition) is 4.